The monoisotopic (exact) mass is 298 g/mol. The molecule has 0 saturated heterocycles. The van der Waals surface area contributed by atoms with Crippen LogP contribution in [0.2, 0.25) is 0 Å². The first kappa shape index (κ1) is 13.7. The van der Waals surface area contributed by atoms with Crippen LogP contribution in [-0.4, -0.2) is 27.4 Å². The number of aromatic nitrogens is 3. The average molecular weight is 298 g/mol. The standard InChI is InChI=1S/C17H22N4O/c22-17(13-6-8-15-16(10-13)20-21-19-15)18-14-7-5-11-3-1-2-4-12(11)9-14/h6,8,10-12,14H,1-5,7,9H2,(H,18,22)(H,19,20,21)/t11-,12+,14-/m1/s1. The van der Waals surface area contributed by atoms with Crippen molar-refractivity contribution in [2.24, 2.45) is 11.8 Å². The van der Waals surface area contributed by atoms with Gasteiger partial charge in [-0.1, -0.05) is 25.7 Å². The van der Waals surface area contributed by atoms with Crippen molar-refractivity contribution in [3.63, 3.8) is 0 Å². The minimum atomic E-state index is 0.0177. The van der Waals surface area contributed by atoms with Crippen LogP contribution in [0.25, 0.3) is 11.0 Å². The SMILES string of the molecule is O=C(N[C@@H]1CC[C@H]2CCCC[C@H]2C1)c1ccc2n[nH]nc2c1. The molecular formula is C17H22N4O. The largest absolute Gasteiger partial charge is 0.349 e. The Hall–Kier alpha value is -1.91. The number of fused-ring (bicyclic) bond motifs is 2. The molecule has 1 aromatic heterocycles. The smallest absolute Gasteiger partial charge is 0.251 e. The van der Waals surface area contributed by atoms with Gasteiger partial charge in [-0.25, -0.2) is 0 Å². The lowest BCUT2D eigenvalue weighted by molar-refractivity contribution is 0.0879. The summed E-state index contributed by atoms with van der Waals surface area (Å²) in [5.41, 5.74) is 2.20. The number of carbonyl (C=O) groups excluding carboxylic acids is 1. The molecule has 2 saturated carbocycles. The van der Waals surface area contributed by atoms with Crippen LogP contribution in [-0.2, 0) is 0 Å². The predicted molar refractivity (Wildman–Crippen MR) is 84.4 cm³/mol. The molecule has 116 valence electrons. The second-order valence-corrected chi connectivity index (χ2v) is 6.82. The zero-order chi connectivity index (χ0) is 14.9. The summed E-state index contributed by atoms with van der Waals surface area (Å²) in [4.78, 5) is 12.5. The first-order valence-corrected chi connectivity index (χ1v) is 8.41. The molecule has 2 aliphatic carbocycles. The number of aromatic amines is 1. The third-order valence-corrected chi connectivity index (χ3v) is 5.45. The van der Waals surface area contributed by atoms with Crippen LogP contribution in [0.15, 0.2) is 18.2 Å². The molecule has 0 aliphatic heterocycles. The van der Waals surface area contributed by atoms with Gasteiger partial charge >= 0.3 is 0 Å². The van der Waals surface area contributed by atoms with E-state index in [4.69, 9.17) is 0 Å². The van der Waals surface area contributed by atoms with Gasteiger partial charge in [-0.2, -0.15) is 15.4 Å². The van der Waals surface area contributed by atoms with E-state index >= 15 is 0 Å². The van der Waals surface area contributed by atoms with Gasteiger partial charge in [0.25, 0.3) is 5.91 Å². The highest BCUT2D eigenvalue weighted by Gasteiger charge is 2.32. The molecule has 2 fully saturated rings. The minimum Gasteiger partial charge on any atom is -0.349 e. The summed E-state index contributed by atoms with van der Waals surface area (Å²) in [6, 6.07) is 5.80. The van der Waals surface area contributed by atoms with Gasteiger partial charge in [0.1, 0.15) is 11.0 Å². The number of carbonyl (C=O) groups is 1. The van der Waals surface area contributed by atoms with Crippen molar-refractivity contribution in [2.45, 2.75) is 51.0 Å². The van der Waals surface area contributed by atoms with Crippen molar-refractivity contribution in [3.05, 3.63) is 23.8 Å². The van der Waals surface area contributed by atoms with Gasteiger partial charge in [-0.15, -0.1) is 0 Å². The highest BCUT2D eigenvalue weighted by atomic mass is 16.1. The van der Waals surface area contributed by atoms with Gasteiger partial charge in [-0.3, -0.25) is 4.79 Å². The van der Waals surface area contributed by atoms with Crippen LogP contribution in [0.4, 0.5) is 0 Å². The Bertz CT molecular complexity index is 680. The van der Waals surface area contributed by atoms with Gasteiger partial charge in [0.05, 0.1) is 0 Å². The molecule has 0 unspecified atom stereocenters. The Morgan fingerprint density at radius 2 is 1.86 bits per heavy atom. The quantitative estimate of drug-likeness (QED) is 0.895. The third kappa shape index (κ3) is 2.60. The maximum absolute atomic E-state index is 12.5. The van der Waals surface area contributed by atoms with E-state index in [2.05, 4.69) is 20.7 Å². The van der Waals surface area contributed by atoms with Crippen LogP contribution in [0, 0.1) is 11.8 Å². The van der Waals surface area contributed by atoms with Gasteiger partial charge in [-0.05, 0) is 49.3 Å². The molecule has 1 heterocycles. The number of hydrogen-bond acceptors (Lipinski definition) is 3. The van der Waals surface area contributed by atoms with Crippen molar-refractivity contribution in [3.8, 4) is 0 Å². The number of hydrogen-bond donors (Lipinski definition) is 2. The van der Waals surface area contributed by atoms with Crippen LogP contribution < -0.4 is 5.32 Å². The third-order valence-electron chi connectivity index (χ3n) is 5.45. The fourth-order valence-corrected chi connectivity index (χ4v) is 4.25. The maximum Gasteiger partial charge on any atom is 0.251 e. The van der Waals surface area contributed by atoms with E-state index in [1.807, 2.05) is 12.1 Å². The molecule has 22 heavy (non-hydrogen) atoms. The van der Waals surface area contributed by atoms with E-state index in [9.17, 15) is 4.79 Å². The molecular weight excluding hydrogens is 276 g/mol. The predicted octanol–water partition coefficient (Wildman–Crippen LogP) is 3.05. The van der Waals surface area contributed by atoms with Crippen molar-refractivity contribution in [1.29, 1.82) is 0 Å². The van der Waals surface area contributed by atoms with Gasteiger partial charge in [0.15, 0.2) is 0 Å². The number of rotatable bonds is 2. The zero-order valence-corrected chi connectivity index (χ0v) is 12.7. The maximum atomic E-state index is 12.5. The Morgan fingerprint density at radius 3 is 2.77 bits per heavy atom. The molecule has 2 aromatic rings. The second kappa shape index (κ2) is 5.71. The van der Waals surface area contributed by atoms with E-state index in [1.165, 1.54) is 32.1 Å². The summed E-state index contributed by atoms with van der Waals surface area (Å²) >= 11 is 0. The van der Waals surface area contributed by atoms with Crippen LogP contribution in [0.1, 0.15) is 55.3 Å². The molecule has 0 bridgehead atoms. The highest BCUT2D eigenvalue weighted by Crippen LogP contribution is 2.40. The van der Waals surface area contributed by atoms with Gasteiger partial charge in [0, 0.05) is 11.6 Å². The summed E-state index contributed by atoms with van der Waals surface area (Å²) in [6.07, 6.45) is 9.07. The Kier molecular flexibility index (Phi) is 3.56. The van der Waals surface area contributed by atoms with Crippen molar-refractivity contribution >= 4 is 16.9 Å². The average Bonchev–Trinajstić information content (AvgIpc) is 3.02. The summed E-state index contributed by atoms with van der Waals surface area (Å²) < 4.78 is 0. The number of amides is 1. The molecule has 5 heteroatoms. The van der Waals surface area contributed by atoms with Crippen molar-refractivity contribution in [2.75, 3.05) is 0 Å². The highest BCUT2D eigenvalue weighted by molar-refractivity contribution is 5.97. The fourth-order valence-electron chi connectivity index (χ4n) is 4.25. The number of benzene rings is 1. The molecule has 2 N–H and O–H groups in total. The first-order chi connectivity index (χ1) is 10.8. The van der Waals surface area contributed by atoms with Crippen LogP contribution in [0.5, 0.6) is 0 Å². The summed E-state index contributed by atoms with van der Waals surface area (Å²) in [6.45, 7) is 0. The number of H-pyrrole nitrogens is 1. The molecule has 3 atom stereocenters. The number of nitrogens with one attached hydrogen (secondary N) is 2. The zero-order valence-electron chi connectivity index (χ0n) is 12.7. The number of nitrogens with zero attached hydrogens (tertiary/aromatic N) is 2. The summed E-state index contributed by atoms with van der Waals surface area (Å²) in [5.74, 6) is 1.75. The Labute approximate surface area is 129 Å². The lowest BCUT2D eigenvalue weighted by atomic mass is 9.69. The van der Waals surface area contributed by atoms with Crippen LogP contribution in [0.3, 0.4) is 0 Å². The Balaban J connectivity index is 1.43. The van der Waals surface area contributed by atoms with E-state index in [1.54, 1.807) is 6.07 Å². The van der Waals surface area contributed by atoms with Crippen LogP contribution >= 0.6 is 0 Å². The molecule has 4 rings (SSSR count). The molecule has 2 aliphatic rings. The second-order valence-electron chi connectivity index (χ2n) is 6.82. The van der Waals surface area contributed by atoms with E-state index in [0.717, 1.165) is 35.7 Å². The molecule has 0 radical (unpaired) electrons. The van der Waals surface area contributed by atoms with Gasteiger partial charge in [0.2, 0.25) is 0 Å². The lowest BCUT2D eigenvalue weighted by Crippen LogP contribution is -2.41. The van der Waals surface area contributed by atoms with E-state index < -0.39 is 0 Å². The van der Waals surface area contributed by atoms with E-state index in [-0.39, 0.29) is 5.91 Å². The molecule has 1 aromatic carbocycles. The van der Waals surface area contributed by atoms with E-state index in [0.29, 0.717) is 11.6 Å². The minimum absolute atomic E-state index is 0.0177. The molecule has 0 spiro atoms. The van der Waals surface area contributed by atoms with Crippen molar-refractivity contribution in [1.82, 2.24) is 20.7 Å². The summed E-state index contributed by atoms with van der Waals surface area (Å²) in [5, 5.41) is 13.9. The Morgan fingerprint density at radius 1 is 1.05 bits per heavy atom. The molecule has 1 amide bonds. The topological polar surface area (TPSA) is 70.7 Å². The van der Waals surface area contributed by atoms with Crippen molar-refractivity contribution < 1.29 is 4.79 Å². The first-order valence-electron chi connectivity index (χ1n) is 8.41. The lowest BCUT2D eigenvalue weighted by Gasteiger charge is -2.39. The van der Waals surface area contributed by atoms with Gasteiger partial charge < -0.3 is 5.32 Å². The fraction of sp³-hybridized carbons (Fsp3) is 0.588. The normalized spacial score (nSPS) is 28.3. The summed E-state index contributed by atoms with van der Waals surface area (Å²) in [7, 11) is 0. The molecule has 5 nitrogen and oxygen atoms in total.